The molecule has 1 N–H and O–H groups in total. The molecule has 0 spiro atoms. The Morgan fingerprint density at radius 3 is 2.36 bits per heavy atom. The van der Waals surface area contributed by atoms with Crippen molar-refractivity contribution in [3.8, 4) is 0 Å². The number of hydrogen-bond acceptors (Lipinski definition) is 2. The van der Waals surface area contributed by atoms with Crippen LogP contribution in [0.2, 0.25) is 5.02 Å². The summed E-state index contributed by atoms with van der Waals surface area (Å²) in [5.74, 6) is -0.838. The molecule has 0 saturated heterocycles. The predicted molar refractivity (Wildman–Crippen MR) is 91.0 cm³/mol. The van der Waals surface area contributed by atoms with Gasteiger partial charge in [0, 0.05) is 18.7 Å². The van der Waals surface area contributed by atoms with E-state index in [2.05, 4.69) is 5.32 Å². The maximum Gasteiger partial charge on any atom is 0.417 e. The summed E-state index contributed by atoms with van der Waals surface area (Å²) in [7, 11) is 1.43. The van der Waals surface area contributed by atoms with Crippen molar-refractivity contribution in [2.24, 2.45) is 0 Å². The molecule has 0 fully saturated rings. The molecule has 2 amide bonds. The first kappa shape index (κ1) is 21.0. The molecule has 0 bridgehead atoms. The second-order valence-corrected chi connectivity index (χ2v) is 6.97. The van der Waals surface area contributed by atoms with Crippen molar-refractivity contribution in [3.63, 3.8) is 0 Å². The van der Waals surface area contributed by atoms with Gasteiger partial charge in [-0.15, -0.1) is 0 Å². The molecule has 0 aliphatic heterocycles. The van der Waals surface area contributed by atoms with E-state index in [1.54, 1.807) is 0 Å². The van der Waals surface area contributed by atoms with Crippen LogP contribution in [0.1, 0.15) is 31.9 Å². The van der Waals surface area contributed by atoms with Crippen LogP contribution >= 0.6 is 11.6 Å². The summed E-state index contributed by atoms with van der Waals surface area (Å²) < 4.78 is 38.4. The number of hydrogen-bond donors (Lipinski definition) is 1. The van der Waals surface area contributed by atoms with Gasteiger partial charge in [-0.2, -0.15) is 13.2 Å². The molecule has 0 aliphatic carbocycles. The lowest BCUT2D eigenvalue weighted by Gasteiger charge is -2.22. The molecule has 25 heavy (non-hydrogen) atoms. The van der Waals surface area contributed by atoms with Gasteiger partial charge in [0.05, 0.1) is 17.1 Å². The minimum atomic E-state index is -4.58. The standard InChI is InChI=1S/C17H20ClF3N2O2/c1-16(2,3)22-14(24)10-23(4)15(25)8-6-11-5-7-13(18)12(9-11)17(19,20)21/h5-9H,10H2,1-4H3,(H,22,24)/b8-6+. The van der Waals surface area contributed by atoms with Crippen LogP contribution in [0.15, 0.2) is 24.3 Å². The zero-order chi connectivity index (χ0) is 19.4. The average Bonchev–Trinajstić information content (AvgIpc) is 2.42. The zero-order valence-electron chi connectivity index (χ0n) is 14.4. The number of rotatable bonds is 4. The molecule has 0 saturated carbocycles. The number of likely N-dealkylation sites (N-methyl/N-ethyl adjacent to an activating group) is 1. The van der Waals surface area contributed by atoms with E-state index in [0.717, 1.165) is 23.1 Å². The normalized spacial score (nSPS) is 12.3. The second kappa shape index (κ2) is 7.91. The van der Waals surface area contributed by atoms with E-state index in [-0.39, 0.29) is 18.0 Å². The van der Waals surface area contributed by atoms with Crippen LogP contribution in [0, 0.1) is 0 Å². The summed E-state index contributed by atoms with van der Waals surface area (Å²) in [6, 6.07) is 3.35. The van der Waals surface area contributed by atoms with E-state index in [0.29, 0.717) is 0 Å². The smallest absolute Gasteiger partial charge is 0.350 e. The van der Waals surface area contributed by atoms with Gasteiger partial charge in [0.25, 0.3) is 0 Å². The second-order valence-electron chi connectivity index (χ2n) is 6.56. The van der Waals surface area contributed by atoms with Crippen molar-refractivity contribution < 1.29 is 22.8 Å². The van der Waals surface area contributed by atoms with Crippen molar-refractivity contribution in [2.75, 3.05) is 13.6 Å². The molecule has 0 atom stereocenters. The fourth-order valence-electron chi connectivity index (χ4n) is 1.91. The van der Waals surface area contributed by atoms with Gasteiger partial charge in [-0.3, -0.25) is 9.59 Å². The Balaban J connectivity index is 2.78. The molecule has 0 radical (unpaired) electrons. The number of nitrogens with zero attached hydrogens (tertiary/aromatic N) is 1. The number of benzene rings is 1. The molecule has 0 heterocycles. The largest absolute Gasteiger partial charge is 0.417 e. The van der Waals surface area contributed by atoms with Gasteiger partial charge >= 0.3 is 6.18 Å². The van der Waals surface area contributed by atoms with Crippen LogP contribution in [0.5, 0.6) is 0 Å². The molecule has 138 valence electrons. The molecule has 0 aliphatic rings. The average molecular weight is 377 g/mol. The van der Waals surface area contributed by atoms with Crippen molar-refractivity contribution in [1.82, 2.24) is 10.2 Å². The number of nitrogens with one attached hydrogen (secondary N) is 1. The van der Waals surface area contributed by atoms with Gasteiger partial charge in [0.2, 0.25) is 11.8 Å². The zero-order valence-corrected chi connectivity index (χ0v) is 15.1. The monoisotopic (exact) mass is 376 g/mol. The lowest BCUT2D eigenvalue weighted by atomic mass is 10.1. The lowest BCUT2D eigenvalue weighted by Crippen LogP contribution is -2.46. The van der Waals surface area contributed by atoms with Gasteiger partial charge in [-0.25, -0.2) is 0 Å². The van der Waals surface area contributed by atoms with Crippen LogP contribution in [0.3, 0.4) is 0 Å². The molecule has 0 unspecified atom stereocenters. The summed E-state index contributed by atoms with van der Waals surface area (Å²) in [4.78, 5) is 24.9. The van der Waals surface area contributed by atoms with Gasteiger partial charge in [-0.05, 0) is 44.5 Å². The summed E-state index contributed by atoms with van der Waals surface area (Å²) in [5.41, 5.74) is -1.21. The Morgan fingerprint density at radius 2 is 1.84 bits per heavy atom. The van der Waals surface area contributed by atoms with Crippen LogP contribution in [0.25, 0.3) is 6.08 Å². The summed E-state index contributed by atoms with van der Waals surface area (Å²) in [6.07, 6.45) is -2.23. The van der Waals surface area contributed by atoms with Crippen LogP contribution in [0.4, 0.5) is 13.2 Å². The van der Waals surface area contributed by atoms with E-state index in [1.165, 1.54) is 19.2 Å². The molecule has 1 aromatic rings. The molecule has 1 rings (SSSR count). The van der Waals surface area contributed by atoms with E-state index in [9.17, 15) is 22.8 Å². The number of carbonyl (C=O) groups excluding carboxylic acids is 2. The van der Waals surface area contributed by atoms with Crippen LogP contribution in [-0.4, -0.2) is 35.8 Å². The molecular formula is C17H20ClF3N2O2. The highest BCUT2D eigenvalue weighted by Crippen LogP contribution is 2.35. The van der Waals surface area contributed by atoms with Crippen LogP contribution in [-0.2, 0) is 15.8 Å². The summed E-state index contributed by atoms with van der Waals surface area (Å²) in [6.45, 7) is 5.27. The van der Waals surface area contributed by atoms with Gasteiger partial charge < -0.3 is 10.2 Å². The van der Waals surface area contributed by atoms with Gasteiger partial charge in [0.1, 0.15) is 0 Å². The van der Waals surface area contributed by atoms with Crippen molar-refractivity contribution >= 4 is 29.5 Å². The Morgan fingerprint density at radius 1 is 1.24 bits per heavy atom. The third-order valence-corrected chi connectivity index (χ3v) is 3.32. The number of amides is 2. The first-order chi connectivity index (χ1) is 11.3. The third-order valence-electron chi connectivity index (χ3n) is 2.99. The van der Waals surface area contributed by atoms with Crippen molar-refractivity contribution in [2.45, 2.75) is 32.5 Å². The van der Waals surface area contributed by atoms with Crippen molar-refractivity contribution in [3.05, 3.63) is 40.4 Å². The fraction of sp³-hybridized carbons (Fsp3) is 0.412. The molecule has 8 heteroatoms. The highest BCUT2D eigenvalue weighted by molar-refractivity contribution is 6.31. The highest BCUT2D eigenvalue weighted by Gasteiger charge is 2.33. The summed E-state index contributed by atoms with van der Waals surface area (Å²) in [5, 5.41) is 2.30. The van der Waals surface area contributed by atoms with E-state index >= 15 is 0 Å². The first-order valence-corrected chi connectivity index (χ1v) is 7.78. The Bertz CT molecular complexity index is 679. The SMILES string of the molecule is CN(CC(=O)NC(C)(C)C)C(=O)/C=C/c1ccc(Cl)c(C(F)(F)F)c1. The number of alkyl halides is 3. The Labute approximate surface area is 149 Å². The highest BCUT2D eigenvalue weighted by atomic mass is 35.5. The van der Waals surface area contributed by atoms with Crippen molar-refractivity contribution in [1.29, 1.82) is 0 Å². The topological polar surface area (TPSA) is 49.4 Å². The molecule has 0 aromatic heterocycles. The van der Waals surface area contributed by atoms with E-state index in [4.69, 9.17) is 11.6 Å². The summed E-state index contributed by atoms with van der Waals surface area (Å²) >= 11 is 5.54. The number of carbonyl (C=O) groups is 2. The van der Waals surface area contributed by atoms with E-state index < -0.39 is 28.2 Å². The predicted octanol–water partition coefficient (Wildman–Crippen LogP) is 3.75. The van der Waals surface area contributed by atoms with Gasteiger partial charge in [0.15, 0.2) is 0 Å². The third kappa shape index (κ3) is 7.17. The quantitative estimate of drug-likeness (QED) is 0.814. The van der Waals surface area contributed by atoms with E-state index in [1.807, 2.05) is 20.8 Å². The Kier molecular flexibility index (Phi) is 6.65. The molecular weight excluding hydrogens is 357 g/mol. The maximum atomic E-state index is 12.8. The van der Waals surface area contributed by atoms with Gasteiger partial charge in [-0.1, -0.05) is 17.7 Å². The Hall–Kier alpha value is -2.02. The van der Waals surface area contributed by atoms with Crippen LogP contribution < -0.4 is 5.32 Å². The minimum Gasteiger partial charge on any atom is -0.350 e. The number of halogens is 4. The first-order valence-electron chi connectivity index (χ1n) is 7.40. The molecule has 1 aromatic carbocycles. The minimum absolute atomic E-state index is 0.158. The maximum absolute atomic E-state index is 12.8. The lowest BCUT2D eigenvalue weighted by molar-refractivity contribution is -0.137. The fourth-order valence-corrected chi connectivity index (χ4v) is 2.13. The molecule has 4 nitrogen and oxygen atoms in total.